The van der Waals surface area contributed by atoms with E-state index in [4.69, 9.17) is 14.5 Å². The molecule has 2 aromatic heterocycles. The number of benzene rings is 1. The summed E-state index contributed by atoms with van der Waals surface area (Å²) in [6.07, 6.45) is 4.79. The summed E-state index contributed by atoms with van der Waals surface area (Å²) in [5, 5.41) is 14.0. The Morgan fingerprint density at radius 1 is 1.24 bits per heavy atom. The molecule has 0 saturated carbocycles. The lowest BCUT2D eigenvalue weighted by Crippen LogP contribution is -2.35. The predicted octanol–water partition coefficient (Wildman–Crippen LogP) is 5.90. The van der Waals surface area contributed by atoms with Gasteiger partial charge in [-0.3, -0.25) is 10.3 Å². The second-order valence-corrected chi connectivity index (χ2v) is 12.8. The first-order valence-electron chi connectivity index (χ1n) is 14.9. The maximum atomic E-state index is 16.9. The third kappa shape index (κ3) is 6.85. The van der Waals surface area contributed by atoms with Crippen LogP contribution in [-0.4, -0.2) is 47.6 Å². The van der Waals surface area contributed by atoms with Crippen molar-refractivity contribution in [3.8, 4) is 17.3 Å². The van der Waals surface area contributed by atoms with Gasteiger partial charge in [-0.05, 0) is 72.1 Å². The van der Waals surface area contributed by atoms with Gasteiger partial charge in [0.1, 0.15) is 28.3 Å². The minimum Gasteiger partial charge on any atom is -0.444 e. The van der Waals surface area contributed by atoms with Gasteiger partial charge in [0.25, 0.3) is 0 Å². The molecule has 0 bridgehead atoms. The Kier molecular flexibility index (Phi) is 10.6. The van der Waals surface area contributed by atoms with Gasteiger partial charge in [-0.1, -0.05) is 12.5 Å². The lowest BCUT2D eigenvalue weighted by molar-refractivity contribution is 0.0636. The number of halogens is 2. The Morgan fingerprint density at radius 2 is 1.91 bits per heavy atom. The summed E-state index contributed by atoms with van der Waals surface area (Å²) in [7, 11) is 1.50. The SMILES string of the molecule is CCC(C)=c1c(F)c(-c2ncc(F)c3sc(NC(=O)OC(C)(C)C)c(C#N)c23)c2c(/c1=C/N=C(C)N1CCCC1)COC2.CN. The van der Waals surface area contributed by atoms with Crippen LogP contribution < -0.4 is 21.5 Å². The van der Waals surface area contributed by atoms with Crippen LogP contribution in [0.15, 0.2) is 11.2 Å². The quantitative estimate of drug-likeness (QED) is 0.269. The lowest BCUT2D eigenvalue weighted by Gasteiger charge is -2.19. The number of fused-ring (bicyclic) bond motifs is 2. The lowest BCUT2D eigenvalue weighted by atomic mass is 9.92. The molecule has 1 saturated heterocycles. The molecule has 45 heavy (non-hydrogen) atoms. The maximum Gasteiger partial charge on any atom is 0.412 e. The fraction of sp³-hybridized carbons (Fsp3) is 0.455. The van der Waals surface area contributed by atoms with Crippen LogP contribution >= 0.6 is 11.3 Å². The Hall–Kier alpha value is -3.92. The standard InChI is InChI=1S/C32H35F2N5O3S.CH5N/c1-7-17(2)24-20(13-36-18(3)39-10-8-9-11-39)21-15-41-16-22(21)25(27(24)34)28-26-19(12-35)30(38-31(40)42-32(4,5)6)43-29(26)23(33)14-37-28;1-2/h13-14H,7-11,15-16H2,1-6H3,(H,38,40);2H2,1H3/b20-13-,24-17?,36-18?;. The van der Waals surface area contributed by atoms with Gasteiger partial charge in [0, 0.05) is 40.7 Å². The Balaban J connectivity index is 0.00000226. The summed E-state index contributed by atoms with van der Waals surface area (Å²) in [6, 6.07) is 2.08. The number of thiophene rings is 1. The molecule has 0 unspecified atom stereocenters. The molecule has 0 atom stereocenters. The van der Waals surface area contributed by atoms with Crippen LogP contribution in [0.2, 0.25) is 0 Å². The Morgan fingerprint density at radius 3 is 2.53 bits per heavy atom. The molecule has 12 heteroatoms. The number of nitrogens with one attached hydrogen (secondary N) is 1. The third-order valence-electron chi connectivity index (χ3n) is 7.73. The van der Waals surface area contributed by atoms with Crippen LogP contribution in [0.5, 0.6) is 0 Å². The molecule has 4 heterocycles. The zero-order chi connectivity index (χ0) is 33.1. The van der Waals surface area contributed by atoms with Crippen molar-refractivity contribution in [2.24, 2.45) is 10.7 Å². The highest BCUT2D eigenvalue weighted by atomic mass is 32.1. The van der Waals surface area contributed by atoms with E-state index in [1.807, 2.05) is 20.8 Å². The summed E-state index contributed by atoms with van der Waals surface area (Å²) in [6.45, 7) is 13.2. The van der Waals surface area contributed by atoms with Crippen LogP contribution in [0.1, 0.15) is 77.5 Å². The number of amidine groups is 1. The molecule has 5 rings (SSSR count). The number of nitriles is 1. The highest BCUT2D eigenvalue weighted by Crippen LogP contribution is 2.43. The van der Waals surface area contributed by atoms with Gasteiger partial charge < -0.3 is 20.1 Å². The van der Waals surface area contributed by atoms with Gasteiger partial charge in [0.15, 0.2) is 5.82 Å². The zero-order valence-electron chi connectivity index (χ0n) is 26.9. The van der Waals surface area contributed by atoms with Crippen molar-refractivity contribution in [3.05, 3.63) is 45.0 Å². The molecule has 3 aromatic rings. The van der Waals surface area contributed by atoms with Crippen LogP contribution in [0.3, 0.4) is 0 Å². The Bertz CT molecular complexity index is 1820. The molecule has 1 aromatic carbocycles. The summed E-state index contributed by atoms with van der Waals surface area (Å²) in [4.78, 5) is 23.9. The van der Waals surface area contributed by atoms with E-state index in [0.29, 0.717) is 22.4 Å². The molecule has 1 amide bonds. The molecule has 2 aliphatic rings. The molecule has 2 aliphatic heterocycles. The van der Waals surface area contributed by atoms with E-state index in [-0.39, 0.29) is 45.1 Å². The number of amides is 1. The van der Waals surface area contributed by atoms with E-state index < -0.39 is 23.3 Å². The minimum absolute atomic E-state index is 0.0147. The van der Waals surface area contributed by atoms with Gasteiger partial charge >= 0.3 is 6.09 Å². The number of carbonyl (C=O) groups is 1. The summed E-state index contributed by atoms with van der Waals surface area (Å²) in [5.74, 6) is -0.335. The van der Waals surface area contributed by atoms with Gasteiger partial charge in [-0.25, -0.2) is 18.6 Å². The van der Waals surface area contributed by atoms with Crippen LogP contribution in [0, 0.1) is 23.0 Å². The number of likely N-dealkylation sites (tertiary alicyclic amines) is 1. The molecule has 0 spiro atoms. The number of ether oxygens (including phenoxy) is 2. The zero-order valence-corrected chi connectivity index (χ0v) is 27.7. The van der Waals surface area contributed by atoms with Crippen LogP contribution in [0.4, 0.5) is 18.6 Å². The van der Waals surface area contributed by atoms with Crippen LogP contribution in [-0.2, 0) is 22.7 Å². The van der Waals surface area contributed by atoms with E-state index in [9.17, 15) is 10.1 Å². The normalized spacial score (nSPS) is 15.9. The van der Waals surface area contributed by atoms with E-state index in [1.165, 1.54) is 7.05 Å². The largest absolute Gasteiger partial charge is 0.444 e. The first-order valence-corrected chi connectivity index (χ1v) is 15.8. The van der Waals surface area contributed by atoms with Crippen molar-refractivity contribution < 1.29 is 23.0 Å². The first-order chi connectivity index (χ1) is 21.4. The van der Waals surface area contributed by atoms with Crippen molar-refractivity contribution in [1.82, 2.24) is 9.88 Å². The number of aliphatic imine (C=N–C) groups is 1. The molecule has 240 valence electrons. The number of carbonyl (C=O) groups excluding carboxylic acids is 1. The van der Waals surface area contributed by atoms with Gasteiger partial charge in [0.05, 0.1) is 35.4 Å². The highest BCUT2D eigenvalue weighted by Gasteiger charge is 2.30. The molecular formula is C33H40F2N6O3S. The second-order valence-electron chi connectivity index (χ2n) is 11.8. The van der Waals surface area contributed by atoms with Gasteiger partial charge in [0.2, 0.25) is 0 Å². The van der Waals surface area contributed by atoms with Crippen molar-refractivity contribution in [2.45, 2.75) is 79.6 Å². The fourth-order valence-electron chi connectivity index (χ4n) is 5.53. The molecule has 9 nitrogen and oxygen atoms in total. The molecule has 0 radical (unpaired) electrons. The smallest absolute Gasteiger partial charge is 0.412 e. The third-order valence-corrected chi connectivity index (χ3v) is 8.84. The monoisotopic (exact) mass is 638 g/mol. The number of rotatable bonds is 4. The van der Waals surface area contributed by atoms with Gasteiger partial charge in [-0.2, -0.15) is 5.26 Å². The number of anilines is 1. The number of pyridine rings is 1. The van der Waals surface area contributed by atoms with Crippen molar-refractivity contribution in [2.75, 3.05) is 25.5 Å². The maximum absolute atomic E-state index is 16.9. The predicted molar refractivity (Wildman–Crippen MR) is 175 cm³/mol. The number of hydrogen-bond donors (Lipinski definition) is 2. The molecular weight excluding hydrogens is 598 g/mol. The van der Waals surface area contributed by atoms with Crippen LogP contribution in [0.25, 0.3) is 33.1 Å². The van der Waals surface area contributed by atoms with Crippen molar-refractivity contribution >= 4 is 50.1 Å². The molecule has 1 fully saturated rings. The van der Waals surface area contributed by atoms with E-state index >= 15 is 8.78 Å². The topological polar surface area (TPSA) is 126 Å². The summed E-state index contributed by atoms with van der Waals surface area (Å²) < 4.78 is 43.4. The fourth-order valence-corrected chi connectivity index (χ4v) is 6.57. The van der Waals surface area contributed by atoms with Crippen molar-refractivity contribution in [3.63, 3.8) is 0 Å². The summed E-state index contributed by atoms with van der Waals surface area (Å²) >= 11 is 0.882. The van der Waals surface area contributed by atoms with E-state index in [1.54, 1.807) is 27.0 Å². The second kappa shape index (κ2) is 14.0. The number of hydrogen-bond acceptors (Lipinski definition) is 8. The van der Waals surface area contributed by atoms with Crippen molar-refractivity contribution in [1.29, 1.82) is 5.26 Å². The average molecular weight is 639 g/mol. The van der Waals surface area contributed by atoms with E-state index in [0.717, 1.165) is 60.4 Å². The molecule has 3 N–H and O–H groups in total. The minimum atomic E-state index is -0.786. The van der Waals surface area contributed by atoms with Gasteiger partial charge in [-0.15, -0.1) is 11.3 Å². The molecule has 0 aliphatic carbocycles. The average Bonchev–Trinajstić information content (AvgIpc) is 3.77. The highest BCUT2D eigenvalue weighted by molar-refractivity contribution is 7.23. The number of nitrogens with two attached hydrogens (primary N) is 1. The summed E-state index contributed by atoms with van der Waals surface area (Å²) in [5.41, 5.74) is 6.17. The van der Waals surface area contributed by atoms with E-state index in [2.05, 4.69) is 27.0 Å². The first kappa shape index (κ1) is 34.0. The Labute approximate surface area is 266 Å². The number of aromatic nitrogens is 1. The number of nitrogens with zero attached hydrogens (tertiary/aromatic N) is 4.